The molecule has 94 valence electrons. The van der Waals surface area contributed by atoms with Crippen LogP contribution in [0.2, 0.25) is 0 Å². The molecule has 0 fully saturated rings. The summed E-state index contributed by atoms with van der Waals surface area (Å²) in [6.45, 7) is -1.15. The normalized spacial score (nSPS) is 11.4. The Morgan fingerprint density at radius 1 is 1.53 bits per heavy atom. The lowest BCUT2D eigenvalue weighted by atomic mass is 10.3. The minimum atomic E-state index is -5.10. The van der Waals surface area contributed by atoms with Gasteiger partial charge in [-0.3, -0.25) is 10.1 Å². The summed E-state index contributed by atoms with van der Waals surface area (Å²) < 4.78 is 51.6. The Balaban J connectivity index is 3.35. The van der Waals surface area contributed by atoms with E-state index in [2.05, 4.69) is 9.72 Å². The average molecular weight is 366 g/mol. The van der Waals surface area contributed by atoms with Gasteiger partial charge in [0.05, 0.1) is 14.2 Å². The Kier molecular flexibility index (Phi) is 4.06. The third kappa shape index (κ3) is 3.38. The van der Waals surface area contributed by atoms with Crippen LogP contribution in [-0.2, 0) is 6.67 Å². The number of hydrogen-bond donors (Lipinski definition) is 0. The zero-order valence-corrected chi connectivity index (χ0v) is 9.95. The number of ether oxygens (including phenoxy) is 1. The molecule has 0 aliphatic carbocycles. The molecule has 10 heteroatoms. The second-order valence-corrected chi connectivity index (χ2v) is 3.75. The van der Waals surface area contributed by atoms with Crippen LogP contribution in [0.25, 0.3) is 0 Å². The molecule has 0 aliphatic rings. The predicted molar refractivity (Wildman–Crippen MR) is 55.1 cm³/mol. The van der Waals surface area contributed by atoms with E-state index in [4.69, 9.17) is 0 Å². The van der Waals surface area contributed by atoms with Crippen LogP contribution in [0.4, 0.5) is 23.2 Å². The number of halogens is 5. The number of nitrogens with zero attached hydrogens (tertiary/aromatic N) is 2. The summed E-state index contributed by atoms with van der Waals surface area (Å²) in [5.74, 6) is -1.05. The largest absolute Gasteiger partial charge is 0.573 e. The van der Waals surface area contributed by atoms with Crippen molar-refractivity contribution in [2.24, 2.45) is 0 Å². The first-order valence-corrected chi connectivity index (χ1v) is 4.97. The Morgan fingerprint density at radius 3 is 2.53 bits per heavy atom. The maximum Gasteiger partial charge on any atom is 0.573 e. The fourth-order valence-electron chi connectivity index (χ4n) is 0.934. The lowest BCUT2D eigenvalue weighted by molar-refractivity contribution is -0.389. The van der Waals surface area contributed by atoms with Crippen molar-refractivity contribution in [3.63, 3.8) is 0 Å². The molecule has 0 atom stereocenters. The van der Waals surface area contributed by atoms with Crippen LogP contribution in [0, 0.1) is 13.7 Å². The van der Waals surface area contributed by atoms with Gasteiger partial charge in [-0.05, 0) is 22.6 Å². The smallest absolute Gasteiger partial charge is 0.397 e. The summed E-state index contributed by atoms with van der Waals surface area (Å²) in [5, 5.41) is 10.5. The van der Waals surface area contributed by atoms with Gasteiger partial charge in [-0.15, -0.1) is 13.2 Å². The van der Waals surface area contributed by atoms with E-state index >= 15 is 0 Å². The predicted octanol–water partition coefficient (Wildman–Crippen LogP) is 2.96. The topological polar surface area (TPSA) is 65.3 Å². The first-order chi connectivity index (χ1) is 7.76. The summed E-state index contributed by atoms with van der Waals surface area (Å²) in [5.41, 5.74) is -1.32. The van der Waals surface area contributed by atoms with Gasteiger partial charge < -0.3 is 4.74 Å². The fraction of sp³-hybridized carbons (Fsp3) is 0.286. The Morgan fingerprint density at radius 2 is 2.12 bits per heavy atom. The number of aromatic nitrogens is 1. The number of rotatable bonds is 3. The highest BCUT2D eigenvalue weighted by Crippen LogP contribution is 2.37. The fourth-order valence-corrected chi connectivity index (χ4v) is 1.60. The van der Waals surface area contributed by atoms with Gasteiger partial charge in [0.25, 0.3) is 0 Å². The molecule has 0 aromatic carbocycles. The van der Waals surface area contributed by atoms with Crippen LogP contribution < -0.4 is 4.74 Å². The Labute approximate surface area is 105 Å². The summed E-state index contributed by atoms with van der Waals surface area (Å²) in [4.78, 5) is 12.7. The number of alkyl halides is 4. The van der Waals surface area contributed by atoms with E-state index in [0.717, 1.165) is 0 Å². The summed E-state index contributed by atoms with van der Waals surface area (Å²) in [6, 6.07) is 0. The minimum Gasteiger partial charge on any atom is -0.397 e. The van der Waals surface area contributed by atoms with Crippen LogP contribution in [0.15, 0.2) is 6.20 Å². The monoisotopic (exact) mass is 366 g/mol. The Hall–Kier alpha value is -1.20. The molecule has 1 heterocycles. The molecule has 1 rings (SSSR count). The molecule has 1 aromatic rings. The van der Waals surface area contributed by atoms with Gasteiger partial charge in [-0.25, -0.2) is 9.37 Å². The highest BCUT2D eigenvalue weighted by atomic mass is 127. The molecule has 0 N–H and O–H groups in total. The lowest BCUT2D eigenvalue weighted by Crippen LogP contribution is -2.19. The van der Waals surface area contributed by atoms with Crippen molar-refractivity contribution in [3.05, 3.63) is 25.6 Å². The van der Waals surface area contributed by atoms with Gasteiger partial charge >= 0.3 is 12.0 Å². The molecule has 0 spiro atoms. The Bertz CT molecular complexity index is 451. The van der Waals surface area contributed by atoms with E-state index in [1.54, 1.807) is 0 Å². The van der Waals surface area contributed by atoms with Gasteiger partial charge in [-0.1, -0.05) is 0 Å². The van der Waals surface area contributed by atoms with Crippen LogP contribution in [0.3, 0.4) is 0 Å². The molecule has 0 saturated carbocycles. The maximum atomic E-state index is 12.4. The molecule has 5 nitrogen and oxygen atoms in total. The van der Waals surface area contributed by atoms with Gasteiger partial charge in [0.1, 0.15) is 12.9 Å². The quantitative estimate of drug-likeness (QED) is 0.357. The minimum absolute atomic E-state index is 0.351. The average Bonchev–Trinajstić information content (AvgIpc) is 2.18. The van der Waals surface area contributed by atoms with Crippen LogP contribution in [-0.4, -0.2) is 16.3 Å². The number of hydrogen-bond acceptors (Lipinski definition) is 4. The van der Waals surface area contributed by atoms with E-state index in [0.29, 0.717) is 6.20 Å². The van der Waals surface area contributed by atoms with Crippen molar-refractivity contribution in [2.45, 2.75) is 13.0 Å². The van der Waals surface area contributed by atoms with E-state index < -0.39 is 29.4 Å². The van der Waals surface area contributed by atoms with Gasteiger partial charge in [0, 0.05) is 0 Å². The first kappa shape index (κ1) is 13.9. The maximum absolute atomic E-state index is 12.4. The molecule has 0 saturated heterocycles. The third-order valence-electron chi connectivity index (χ3n) is 1.57. The molecule has 0 amide bonds. The van der Waals surface area contributed by atoms with Crippen molar-refractivity contribution >= 4 is 28.3 Å². The van der Waals surface area contributed by atoms with Gasteiger partial charge in [-0.2, -0.15) is 0 Å². The van der Waals surface area contributed by atoms with Gasteiger partial charge in [0.15, 0.2) is 0 Å². The molecule has 0 aliphatic heterocycles. The zero-order valence-electron chi connectivity index (χ0n) is 7.79. The molecule has 0 radical (unpaired) electrons. The third-order valence-corrected chi connectivity index (χ3v) is 2.68. The SMILES string of the molecule is O=[N+]([O-])c1cnc(CF)c(I)c1OC(F)(F)F. The van der Waals surface area contributed by atoms with Crippen molar-refractivity contribution in [3.8, 4) is 5.75 Å². The van der Waals surface area contributed by atoms with E-state index in [9.17, 15) is 27.7 Å². The van der Waals surface area contributed by atoms with Crippen LogP contribution in [0.5, 0.6) is 5.75 Å². The number of pyridine rings is 1. The van der Waals surface area contributed by atoms with Crippen molar-refractivity contribution in [1.82, 2.24) is 4.98 Å². The molecule has 0 bridgehead atoms. The summed E-state index contributed by atoms with van der Waals surface area (Å²) in [7, 11) is 0. The molecular formula is C7H3F4IN2O3. The summed E-state index contributed by atoms with van der Waals surface area (Å²) in [6.07, 6.45) is -4.57. The van der Waals surface area contributed by atoms with Crippen LogP contribution in [0.1, 0.15) is 5.69 Å². The zero-order chi connectivity index (χ0) is 13.2. The van der Waals surface area contributed by atoms with Gasteiger partial charge in [0.2, 0.25) is 5.75 Å². The van der Waals surface area contributed by atoms with E-state index in [1.165, 1.54) is 22.6 Å². The van der Waals surface area contributed by atoms with Crippen molar-refractivity contribution in [2.75, 3.05) is 0 Å². The van der Waals surface area contributed by atoms with Crippen molar-refractivity contribution in [1.29, 1.82) is 0 Å². The molecule has 0 unspecified atom stereocenters. The molecular weight excluding hydrogens is 363 g/mol. The highest BCUT2D eigenvalue weighted by Gasteiger charge is 2.36. The van der Waals surface area contributed by atoms with Crippen molar-refractivity contribution < 1.29 is 27.2 Å². The second kappa shape index (κ2) is 4.98. The standard InChI is InChI=1S/C7H3F4IN2O3/c8-1-3-5(12)6(17-7(9,10)11)4(2-13-3)14(15)16/h2H,1H2. The number of nitro groups is 1. The second-order valence-electron chi connectivity index (χ2n) is 2.67. The summed E-state index contributed by atoms with van der Waals surface area (Å²) >= 11 is 1.31. The molecule has 1 aromatic heterocycles. The van der Waals surface area contributed by atoms with E-state index in [1.807, 2.05) is 0 Å². The highest BCUT2D eigenvalue weighted by molar-refractivity contribution is 14.1. The first-order valence-electron chi connectivity index (χ1n) is 3.89. The molecule has 17 heavy (non-hydrogen) atoms. The lowest BCUT2D eigenvalue weighted by Gasteiger charge is -2.11. The van der Waals surface area contributed by atoms with E-state index in [-0.39, 0.29) is 9.26 Å². The van der Waals surface area contributed by atoms with Crippen LogP contribution >= 0.6 is 22.6 Å².